The molecule has 0 aliphatic carbocycles. The summed E-state index contributed by atoms with van der Waals surface area (Å²) in [6.07, 6.45) is 0.728. The molecule has 0 radical (unpaired) electrons. The highest BCUT2D eigenvalue weighted by Crippen LogP contribution is 2.47. The molecule has 1 N–H and O–H groups in total. The minimum atomic E-state index is -0.458. The molecule has 1 aromatic carbocycles. The number of allylic oxidation sites excluding steroid dienone is 1. The molecule has 4 nitrogen and oxygen atoms in total. The maximum Gasteiger partial charge on any atom is 0.336 e. The van der Waals surface area contributed by atoms with E-state index >= 15 is 0 Å². The zero-order valence-electron chi connectivity index (χ0n) is 11.3. The average molecular weight is 259 g/mol. The molecule has 2 heterocycles. The van der Waals surface area contributed by atoms with Gasteiger partial charge < -0.3 is 14.8 Å². The van der Waals surface area contributed by atoms with E-state index in [9.17, 15) is 4.79 Å². The number of hydrogen-bond donors (Lipinski definition) is 1. The van der Waals surface area contributed by atoms with E-state index in [1.807, 2.05) is 38.1 Å². The Balaban J connectivity index is 2.17. The summed E-state index contributed by atoms with van der Waals surface area (Å²) < 4.78 is 10.9. The number of nitrogens with one attached hydrogen (secondary N) is 1. The van der Waals surface area contributed by atoms with Crippen LogP contribution in [0.3, 0.4) is 0 Å². The summed E-state index contributed by atoms with van der Waals surface area (Å²) in [4.78, 5) is 12.0. The van der Waals surface area contributed by atoms with Crippen LogP contribution >= 0.6 is 0 Å². The van der Waals surface area contributed by atoms with E-state index in [0.717, 1.165) is 23.4 Å². The maximum atomic E-state index is 12.0. The van der Waals surface area contributed by atoms with Crippen molar-refractivity contribution >= 4 is 5.97 Å². The van der Waals surface area contributed by atoms with Gasteiger partial charge in [0.2, 0.25) is 0 Å². The van der Waals surface area contributed by atoms with Gasteiger partial charge in [-0.25, -0.2) is 4.79 Å². The summed E-state index contributed by atoms with van der Waals surface area (Å²) in [5.74, 6) is 0.597. The van der Waals surface area contributed by atoms with Crippen LogP contribution < -0.4 is 10.1 Å². The number of methoxy groups -OCH3 is 1. The molecule has 3 rings (SSSR count). The number of benzene rings is 1. The van der Waals surface area contributed by atoms with Crippen LogP contribution in [0.2, 0.25) is 0 Å². The van der Waals surface area contributed by atoms with Gasteiger partial charge in [0.15, 0.2) is 5.72 Å². The Morgan fingerprint density at radius 2 is 2.21 bits per heavy atom. The van der Waals surface area contributed by atoms with E-state index < -0.39 is 5.72 Å². The van der Waals surface area contributed by atoms with Gasteiger partial charge in [-0.3, -0.25) is 0 Å². The lowest BCUT2D eigenvalue weighted by Gasteiger charge is -2.45. The molecule has 2 bridgehead atoms. The SMILES string of the molecule is COC(=O)C1=C(C)N[C@@]2(C)C[C@H]1c1ccccc1O2. The monoisotopic (exact) mass is 259 g/mol. The van der Waals surface area contributed by atoms with Crippen LogP contribution in [0, 0.1) is 0 Å². The summed E-state index contributed by atoms with van der Waals surface area (Å²) in [6.45, 7) is 3.90. The number of hydrogen-bond acceptors (Lipinski definition) is 4. The van der Waals surface area contributed by atoms with Crippen molar-refractivity contribution in [1.29, 1.82) is 0 Å². The lowest BCUT2D eigenvalue weighted by molar-refractivity contribution is -0.137. The fourth-order valence-corrected chi connectivity index (χ4v) is 3.11. The summed E-state index contributed by atoms with van der Waals surface area (Å²) >= 11 is 0. The van der Waals surface area contributed by atoms with Gasteiger partial charge in [0.1, 0.15) is 5.75 Å². The molecule has 2 atom stereocenters. The van der Waals surface area contributed by atoms with Crippen LogP contribution in [0.15, 0.2) is 35.5 Å². The van der Waals surface area contributed by atoms with Crippen LogP contribution in [0.5, 0.6) is 5.75 Å². The number of rotatable bonds is 1. The lowest BCUT2D eigenvalue weighted by atomic mass is 9.78. The Labute approximate surface area is 112 Å². The number of para-hydroxylation sites is 1. The first kappa shape index (κ1) is 12.1. The fraction of sp³-hybridized carbons (Fsp3) is 0.400. The summed E-state index contributed by atoms with van der Waals surface area (Å²) in [5.41, 5.74) is 2.14. The molecule has 0 unspecified atom stereocenters. The predicted molar refractivity (Wildman–Crippen MR) is 70.7 cm³/mol. The van der Waals surface area contributed by atoms with Gasteiger partial charge >= 0.3 is 5.97 Å². The van der Waals surface area contributed by atoms with Crippen molar-refractivity contribution < 1.29 is 14.3 Å². The van der Waals surface area contributed by atoms with Crippen LogP contribution in [-0.2, 0) is 9.53 Å². The molecule has 0 aromatic heterocycles. The number of esters is 1. The highest BCUT2D eigenvalue weighted by atomic mass is 16.5. The van der Waals surface area contributed by atoms with Crippen molar-refractivity contribution in [2.45, 2.75) is 31.9 Å². The zero-order chi connectivity index (χ0) is 13.6. The number of carbonyl (C=O) groups excluding carboxylic acids is 1. The van der Waals surface area contributed by atoms with Crippen LogP contribution in [0.4, 0.5) is 0 Å². The van der Waals surface area contributed by atoms with Gasteiger partial charge in [-0.1, -0.05) is 18.2 Å². The number of ether oxygens (including phenoxy) is 2. The Hall–Kier alpha value is -1.97. The summed E-state index contributed by atoms with van der Waals surface area (Å²) in [7, 11) is 1.42. The van der Waals surface area contributed by atoms with Gasteiger partial charge in [-0.05, 0) is 19.9 Å². The van der Waals surface area contributed by atoms with Crippen LogP contribution in [0.1, 0.15) is 31.7 Å². The third kappa shape index (κ3) is 1.79. The quantitative estimate of drug-likeness (QED) is 0.786. The topological polar surface area (TPSA) is 47.6 Å². The van der Waals surface area contributed by atoms with Gasteiger partial charge in [0, 0.05) is 23.6 Å². The molecule has 100 valence electrons. The van der Waals surface area contributed by atoms with Gasteiger partial charge in [-0.15, -0.1) is 0 Å². The molecular weight excluding hydrogens is 242 g/mol. The summed E-state index contributed by atoms with van der Waals surface area (Å²) in [6, 6.07) is 7.87. The lowest BCUT2D eigenvalue weighted by Crippen LogP contribution is -2.54. The molecule has 1 aromatic rings. The molecule has 2 aliphatic heterocycles. The zero-order valence-corrected chi connectivity index (χ0v) is 11.3. The molecule has 0 fully saturated rings. The van der Waals surface area contributed by atoms with Gasteiger partial charge in [-0.2, -0.15) is 0 Å². The van der Waals surface area contributed by atoms with Crippen LogP contribution in [-0.4, -0.2) is 18.8 Å². The first-order valence-corrected chi connectivity index (χ1v) is 6.39. The molecular formula is C15H17NO3. The molecule has 4 heteroatoms. The van der Waals surface area contributed by atoms with Crippen molar-refractivity contribution in [3.05, 3.63) is 41.1 Å². The predicted octanol–water partition coefficient (Wildman–Crippen LogP) is 2.32. The van der Waals surface area contributed by atoms with E-state index in [-0.39, 0.29) is 11.9 Å². The Morgan fingerprint density at radius 1 is 1.47 bits per heavy atom. The molecule has 19 heavy (non-hydrogen) atoms. The highest BCUT2D eigenvalue weighted by Gasteiger charge is 2.45. The van der Waals surface area contributed by atoms with Crippen molar-refractivity contribution in [1.82, 2.24) is 5.32 Å². The highest BCUT2D eigenvalue weighted by molar-refractivity contribution is 5.91. The van der Waals surface area contributed by atoms with Crippen LogP contribution in [0.25, 0.3) is 0 Å². The molecule has 2 aliphatic rings. The second-order valence-corrected chi connectivity index (χ2v) is 5.28. The van der Waals surface area contributed by atoms with E-state index in [2.05, 4.69) is 5.32 Å². The average Bonchev–Trinajstić information content (AvgIpc) is 2.37. The molecule has 0 saturated heterocycles. The van der Waals surface area contributed by atoms with Crippen molar-refractivity contribution in [2.75, 3.05) is 7.11 Å². The maximum absolute atomic E-state index is 12.0. The molecule has 0 amide bonds. The normalized spacial score (nSPS) is 28.1. The van der Waals surface area contributed by atoms with Gasteiger partial charge in [0.25, 0.3) is 0 Å². The number of fused-ring (bicyclic) bond motifs is 4. The van der Waals surface area contributed by atoms with Crippen molar-refractivity contribution in [3.8, 4) is 5.75 Å². The largest absolute Gasteiger partial charge is 0.468 e. The minimum Gasteiger partial charge on any atom is -0.468 e. The van der Waals surface area contributed by atoms with E-state index in [0.29, 0.717) is 5.57 Å². The third-order valence-electron chi connectivity index (χ3n) is 3.83. The Bertz CT molecular complexity index is 579. The van der Waals surface area contributed by atoms with E-state index in [1.165, 1.54) is 7.11 Å². The minimum absolute atomic E-state index is 0.0312. The second-order valence-electron chi connectivity index (χ2n) is 5.28. The number of carbonyl (C=O) groups is 1. The standard InChI is InChI=1S/C15H17NO3/c1-9-13(14(17)18-3)11-8-15(2,16-9)19-12-7-5-4-6-10(11)12/h4-7,11,16H,8H2,1-3H3/t11-,15+/m0/s1. The first-order chi connectivity index (χ1) is 9.04. The smallest absolute Gasteiger partial charge is 0.336 e. The molecule has 0 saturated carbocycles. The Morgan fingerprint density at radius 3 is 2.95 bits per heavy atom. The first-order valence-electron chi connectivity index (χ1n) is 6.39. The van der Waals surface area contributed by atoms with E-state index in [4.69, 9.17) is 9.47 Å². The summed E-state index contributed by atoms with van der Waals surface area (Å²) in [5, 5.41) is 3.29. The second kappa shape index (κ2) is 4.02. The van der Waals surface area contributed by atoms with E-state index in [1.54, 1.807) is 0 Å². The Kier molecular flexibility index (Phi) is 2.55. The molecule has 0 spiro atoms. The fourth-order valence-electron chi connectivity index (χ4n) is 3.11. The van der Waals surface area contributed by atoms with Crippen molar-refractivity contribution in [3.63, 3.8) is 0 Å². The van der Waals surface area contributed by atoms with Gasteiger partial charge in [0.05, 0.1) is 12.7 Å². The third-order valence-corrected chi connectivity index (χ3v) is 3.83. The van der Waals surface area contributed by atoms with Crippen molar-refractivity contribution in [2.24, 2.45) is 0 Å².